The highest BCUT2D eigenvalue weighted by molar-refractivity contribution is 5.29. The molecule has 0 saturated heterocycles. The van der Waals surface area contributed by atoms with E-state index in [9.17, 15) is 5.11 Å². The lowest BCUT2D eigenvalue weighted by Crippen LogP contribution is -2.00. The zero-order valence-electron chi connectivity index (χ0n) is 8.31. The van der Waals surface area contributed by atoms with E-state index in [0.29, 0.717) is 13.0 Å². The van der Waals surface area contributed by atoms with Crippen LogP contribution in [0.3, 0.4) is 0 Å². The number of rotatable bonds is 5. The second-order valence-electron chi connectivity index (χ2n) is 3.03. The summed E-state index contributed by atoms with van der Waals surface area (Å²) < 4.78 is 5.30. The number of ether oxygens (including phenoxy) is 1. The molecule has 1 rings (SSSR count). The molecule has 2 N–H and O–H groups in total. The van der Waals surface area contributed by atoms with Crippen LogP contribution in [0.15, 0.2) is 24.3 Å². The van der Waals surface area contributed by atoms with Gasteiger partial charge >= 0.3 is 0 Å². The molecule has 14 heavy (non-hydrogen) atoms. The summed E-state index contributed by atoms with van der Waals surface area (Å²) in [6.45, 7) is 2.51. The molecule has 3 heteroatoms. The van der Waals surface area contributed by atoms with Gasteiger partial charge in [-0.25, -0.2) is 0 Å². The fraction of sp³-hybridized carbons (Fsp3) is 0.455. The smallest absolute Gasteiger partial charge is 0.119 e. The molecule has 78 valence electrons. The lowest BCUT2D eigenvalue weighted by atomic mass is 10.1. The first kappa shape index (κ1) is 11.0. The summed E-state index contributed by atoms with van der Waals surface area (Å²) in [5, 5.41) is 18.3. The van der Waals surface area contributed by atoms with Crippen LogP contribution in [0.25, 0.3) is 0 Å². The second-order valence-corrected chi connectivity index (χ2v) is 3.03. The van der Waals surface area contributed by atoms with E-state index in [-0.39, 0.29) is 6.61 Å². The van der Waals surface area contributed by atoms with Crippen molar-refractivity contribution in [2.24, 2.45) is 0 Å². The average molecular weight is 196 g/mol. The zero-order chi connectivity index (χ0) is 10.4. The molecule has 0 radical (unpaired) electrons. The lowest BCUT2D eigenvalue weighted by Gasteiger charge is -2.10. The van der Waals surface area contributed by atoms with E-state index in [4.69, 9.17) is 9.84 Å². The lowest BCUT2D eigenvalue weighted by molar-refractivity contribution is 0.134. The van der Waals surface area contributed by atoms with E-state index in [0.717, 1.165) is 11.3 Å². The van der Waals surface area contributed by atoms with Crippen LogP contribution >= 0.6 is 0 Å². The van der Waals surface area contributed by atoms with Crippen LogP contribution < -0.4 is 4.74 Å². The van der Waals surface area contributed by atoms with Crippen molar-refractivity contribution in [2.45, 2.75) is 19.4 Å². The molecule has 0 spiro atoms. The molecule has 0 aliphatic rings. The van der Waals surface area contributed by atoms with Crippen LogP contribution in [0.2, 0.25) is 0 Å². The number of benzene rings is 1. The van der Waals surface area contributed by atoms with Gasteiger partial charge in [-0.1, -0.05) is 12.1 Å². The zero-order valence-corrected chi connectivity index (χ0v) is 8.31. The molecule has 1 unspecified atom stereocenters. The molecule has 1 aromatic carbocycles. The van der Waals surface area contributed by atoms with Crippen LogP contribution in [-0.4, -0.2) is 23.4 Å². The van der Waals surface area contributed by atoms with Gasteiger partial charge in [-0.2, -0.15) is 0 Å². The highest BCUT2D eigenvalue weighted by atomic mass is 16.5. The molecule has 0 heterocycles. The summed E-state index contributed by atoms with van der Waals surface area (Å²) in [5.74, 6) is 0.752. The minimum absolute atomic E-state index is 0.0139. The van der Waals surface area contributed by atoms with Crippen LogP contribution in [0, 0.1) is 0 Å². The quantitative estimate of drug-likeness (QED) is 0.750. The van der Waals surface area contributed by atoms with Gasteiger partial charge in [0.25, 0.3) is 0 Å². The van der Waals surface area contributed by atoms with Crippen molar-refractivity contribution in [3.63, 3.8) is 0 Å². The van der Waals surface area contributed by atoms with Crippen molar-refractivity contribution in [1.82, 2.24) is 0 Å². The average Bonchev–Trinajstić information content (AvgIpc) is 2.19. The summed E-state index contributed by atoms with van der Waals surface area (Å²) in [7, 11) is 0. The van der Waals surface area contributed by atoms with Gasteiger partial charge < -0.3 is 14.9 Å². The van der Waals surface area contributed by atoms with Gasteiger partial charge in [0.1, 0.15) is 5.75 Å². The van der Waals surface area contributed by atoms with Crippen molar-refractivity contribution in [3.8, 4) is 5.75 Å². The summed E-state index contributed by atoms with van der Waals surface area (Å²) in [6.07, 6.45) is -0.254. The molecule has 0 fully saturated rings. The summed E-state index contributed by atoms with van der Waals surface area (Å²) in [5.41, 5.74) is 0.782. The minimum Gasteiger partial charge on any atom is -0.494 e. The van der Waals surface area contributed by atoms with Crippen LogP contribution in [-0.2, 0) is 0 Å². The Morgan fingerprint density at radius 1 is 1.43 bits per heavy atom. The largest absolute Gasteiger partial charge is 0.494 e. The van der Waals surface area contributed by atoms with Crippen LogP contribution in [0.4, 0.5) is 0 Å². The molecule has 0 aliphatic heterocycles. The fourth-order valence-electron chi connectivity index (χ4n) is 1.27. The number of aliphatic hydroxyl groups excluding tert-OH is 2. The number of hydrogen-bond donors (Lipinski definition) is 2. The van der Waals surface area contributed by atoms with Gasteiger partial charge in [-0.15, -0.1) is 0 Å². The normalized spacial score (nSPS) is 12.5. The van der Waals surface area contributed by atoms with Crippen LogP contribution in [0.5, 0.6) is 5.75 Å². The molecule has 0 amide bonds. The van der Waals surface area contributed by atoms with Gasteiger partial charge in [-0.05, 0) is 24.6 Å². The van der Waals surface area contributed by atoms with Crippen molar-refractivity contribution < 1.29 is 14.9 Å². The topological polar surface area (TPSA) is 49.7 Å². The molecule has 1 aromatic rings. The Balaban J connectivity index is 2.71. The Morgan fingerprint density at radius 3 is 2.86 bits per heavy atom. The third-order valence-electron chi connectivity index (χ3n) is 1.96. The Morgan fingerprint density at radius 2 is 2.21 bits per heavy atom. The molecule has 3 nitrogen and oxygen atoms in total. The maximum Gasteiger partial charge on any atom is 0.119 e. The van der Waals surface area contributed by atoms with Gasteiger partial charge in [0.05, 0.1) is 12.7 Å². The summed E-state index contributed by atoms with van der Waals surface area (Å²) >= 11 is 0. The molecular formula is C11H16O3. The van der Waals surface area contributed by atoms with Crippen molar-refractivity contribution in [3.05, 3.63) is 29.8 Å². The van der Waals surface area contributed by atoms with E-state index in [2.05, 4.69) is 0 Å². The molecule has 0 aliphatic carbocycles. The Kier molecular flexibility index (Phi) is 4.43. The highest BCUT2D eigenvalue weighted by Crippen LogP contribution is 2.21. The SMILES string of the molecule is CCOc1cccc(C(O)CCO)c1. The standard InChI is InChI=1S/C11H16O3/c1-2-14-10-5-3-4-9(8-10)11(13)6-7-12/h3-5,8,11-13H,2,6-7H2,1H3. The van der Waals surface area contributed by atoms with Crippen molar-refractivity contribution in [2.75, 3.05) is 13.2 Å². The third kappa shape index (κ3) is 3.01. The Labute approximate surface area is 84.0 Å². The van der Waals surface area contributed by atoms with Gasteiger partial charge in [0.15, 0.2) is 0 Å². The van der Waals surface area contributed by atoms with E-state index >= 15 is 0 Å². The van der Waals surface area contributed by atoms with E-state index in [1.165, 1.54) is 0 Å². The maximum atomic E-state index is 9.60. The second kappa shape index (κ2) is 5.62. The fourth-order valence-corrected chi connectivity index (χ4v) is 1.27. The number of hydrogen-bond acceptors (Lipinski definition) is 3. The Hall–Kier alpha value is -1.06. The maximum absolute atomic E-state index is 9.60. The predicted molar refractivity (Wildman–Crippen MR) is 54.3 cm³/mol. The number of aliphatic hydroxyl groups is 2. The van der Waals surface area contributed by atoms with Crippen LogP contribution in [0.1, 0.15) is 25.0 Å². The van der Waals surface area contributed by atoms with Gasteiger partial charge in [0.2, 0.25) is 0 Å². The van der Waals surface area contributed by atoms with E-state index < -0.39 is 6.10 Å². The third-order valence-corrected chi connectivity index (χ3v) is 1.96. The predicted octanol–water partition coefficient (Wildman–Crippen LogP) is 1.50. The minimum atomic E-state index is -0.611. The molecule has 0 aromatic heterocycles. The van der Waals surface area contributed by atoms with Crippen molar-refractivity contribution >= 4 is 0 Å². The summed E-state index contributed by atoms with van der Waals surface area (Å²) in [4.78, 5) is 0. The summed E-state index contributed by atoms with van der Waals surface area (Å²) in [6, 6.07) is 7.30. The van der Waals surface area contributed by atoms with Gasteiger partial charge in [0, 0.05) is 13.0 Å². The molecule has 0 bridgehead atoms. The molecular weight excluding hydrogens is 180 g/mol. The van der Waals surface area contributed by atoms with E-state index in [1.54, 1.807) is 6.07 Å². The highest BCUT2D eigenvalue weighted by Gasteiger charge is 2.06. The van der Waals surface area contributed by atoms with Crippen molar-refractivity contribution in [1.29, 1.82) is 0 Å². The monoisotopic (exact) mass is 196 g/mol. The van der Waals surface area contributed by atoms with E-state index in [1.807, 2.05) is 25.1 Å². The molecule has 1 atom stereocenters. The Bertz CT molecular complexity index is 273. The first-order valence-electron chi connectivity index (χ1n) is 4.79. The first-order chi connectivity index (χ1) is 6.77. The van der Waals surface area contributed by atoms with Gasteiger partial charge in [-0.3, -0.25) is 0 Å². The first-order valence-corrected chi connectivity index (χ1v) is 4.79. The molecule has 0 saturated carbocycles.